The van der Waals surface area contributed by atoms with Gasteiger partial charge in [0.1, 0.15) is 6.61 Å². The van der Waals surface area contributed by atoms with E-state index in [0.717, 1.165) is 17.0 Å². The second-order valence-electron chi connectivity index (χ2n) is 4.78. The maximum Gasteiger partial charge on any atom is 0.180 e. The van der Waals surface area contributed by atoms with E-state index in [1.165, 1.54) is 0 Å². The molecule has 0 fully saturated rings. The second-order valence-corrected chi connectivity index (χ2v) is 5.22. The van der Waals surface area contributed by atoms with Gasteiger partial charge in [0.15, 0.2) is 11.4 Å². The zero-order valence-electron chi connectivity index (χ0n) is 11.6. The Morgan fingerprint density at radius 1 is 1.24 bits per heavy atom. The Kier molecular flexibility index (Phi) is 3.82. The molecule has 1 aromatic carbocycles. The van der Waals surface area contributed by atoms with E-state index in [4.69, 9.17) is 16.3 Å². The van der Waals surface area contributed by atoms with Gasteiger partial charge in [0, 0.05) is 11.2 Å². The Bertz CT molecular complexity index is 766. The van der Waals surface area contributed by atoms with Crippen LogP contribution in [0.4, 0.5) is 0 Å². The van der Waals surface area contributed by atoms with Gasteiger partial charge in [-0.2, -0.15) is 0 Å². The van der Waals surface area contributed by atoms with E-state index in [-0.39, 0.29) is 6.61 Å². The van der Waals surface area contributed by atoms with Gasteiger partial charge in [-0.25, -0.2) is 4.98 Å². The molecule has 0 spiro atoms. The molecule has 5 heteroatoms. The van der Waals surface area contributed by atoms with Crippen LogP contribution in [0.15, 0.2) is 42.6 Å². The van der Waals surface area contributed by atoms with Crippen molar-refractivity contribution in [3.63, 3.8) is 0 Å². The van der Waals surface area contributed by atoms with Gasteiger partial charge < -0.3 is 9.84 Å². The molecule has 3 rings (SSSR count). The van der Waals surface area contributed by atoms with Crippen LogP contribution in [-0.2, 0) is 13.2 Å². The molecule has 0 aliphatic rings. The van der Waals surface area contributed by atoms with Crippen LogP contribution in [0.25, 0.3) is 5.65 Å². The number of rotatable bonds is 4. The van der Waals surface area contributed by atoms with Crippen molar-refractivity contribution >= 4 is 17.2 Å². The van der Waals surface area contributed by atoms with Crippen LogP contribution >= 0.6 is 11.6 Å². The zero-order chi connectivity index (χ0) is 14.8. The van der Waals surface area contributed by atoms with Crippen molar-refractivity contribution < 1.29 is 9.84 Å². The highest BCUT2D eigenvalue weighted by Crippen LogP contribution is 2.23. The van der Waals surface area contributed by atoms with Gasteiger partial charge in [-0.05, 0) is 36.8 Å². The van der Waals surface area contributed by atoms with Gasteiger partial charge in [0.25, 0.3) is 0 Å². The molecule has 0 radical (unpaired) electrons. The smallest absolute Gasteiger partial charge is 0.180 e. The summed E-state index contributed by atoms with van der Waals surface area (Å²) in [7, 11) is 0. The third-order valence-electron chi connectivity index (χ3n) is 3.37. The number of nitrogens with zero attached hydrogens (tertiary/aromatic N) is 2. The Morgan fingerprint density at radius 3 is 2.71 bits per heavy atom. The van der Waals surface area contributed by atoms with Crippen molar-refractivity contribution in [2.75, 3.05) is 0 Å². The van der Waals surface area contributed by atoms with E-state index in [9.17, 15) is 5.11 Å². The van der Waals surface area contributed by atoms with Crippen LogP contribution in [0.5, 0.6) is 5.75 Å². The molecule has 2 aromatic heterocycles. The Labute approximate surface area is 127 Å². The first-order valence-electron chi connectivity index (χ1n) is 6.63. The summed E-state index contributed by atoms with van der Waals surface area (Å²) >= 11 is 5.87. The van der Waals surface area contributed by atoms with Crippen molar-refractivity contribution in [2.45, 2.75) is 20.1 Å². The number of aryl methyl sites for hydroxylation is 1. The lowest BCUT2D eigenvalue weighted by Crippen LogP contribution is -1.99. The molecule has 4 nitrogen and oxygen atoms in total. The highest BCUT2D eigenvalue weighted by atomic mass is 35.5. The molecule has 108 valence electrons. The molecular formula is C16H15ClN2O2. The number of aliphatic hydroxyl groups is 1. The van der Waals surface area contributed by atoms with E-state index >= 15 is 0 Å². The first-order valence-corrected chi connectivity index (χ1v) is 7.01. The molecule has 1 N–H and O–H groups in total. The van der Waals surface area contributed by atoms with Crippen LogP contribution in [0.1, 0.15) is 17.0 Å². The van der Waals surface area contributed by atoms with Crippen molar-refractivity contribution in [1.29, 1.82) is 0 Å². The SMILES string of the molecule is Cc1nc2c(OCc3ccc(Cl)cc3)cccn2c1CO. The summed E-state index contributed by atoms with van der Waals surface area (Å²) in [6.07, 6.45) is 1.87. The summed E-state index contributed by atoms with van der Waals surface area (Å²) in [5, 5.41) is 10.1. The summed E-state index contributed by atoms with van der Waals surface area (Å²) in [5.41, 5.74) is 3.34. The number of aromatic nitrogens is 2. The van der Waals surface area contributed by atoms with E-state index in [0.29, 0.717) is 23.0 Å². The van der Waals surface area contributed by atoms with E-state index < -0.39 is 0 Å². The highest BCUT2D eigenvalue weighted by Gasteiger charge is 2.11. The average molecular weight is 303 g/mol. The fourth-order valence-corrected chi connectivity index (χ4v) is 2.38. The Morgan fingerprint density at radius 2 is 2.00 bits per heavy atom. The fourth-order valence-electron chi connectivity index (χ4n) is 2.25. The van der Waals surface area contributed by atoms with Crippen LogP contribution in [0, 0.1) is 6.92 Å². The quantitative estimate of drug-likeness (QED) is 0.804. The Hall–Kier alpha value is -2.04. The topological polar surface area (TPSA) is 46.8 Å². The van der Waals surface area contributed by atoms with Gasteiger partial charge in [0.05, 0.1) is 18.0 Å². The summed E-state index contributed by atoms with van der Waals surface area (Å²) in [6.45, 7) is 2.27. The lowest BCUT2D eigenvalue weighted by Gasteiger charge is -2.08. The summed E-state index contributed by atoms with van der Waals surface area (Å²) in [6, 6.07) is 11.3. The third-order valence-corrected chi connectivity index (χ3v) is 3.62. The summed E-state index contributed by atoms with van der Waals surface area (Å²) in [5.74, 6) is 0.690. The number of imidazole rings is 1. The van der Waals surface area contributed by atoms with Crippen LogP contribution in [-0.4, -0.2) is 14.5 Å². The van der Waals surface area contributed by atoms with Crippen molar-refractivity contribution in [3.05, 3.63) is 64.6 Å². The molecule has 2 heterocycles. The van der Waals surface area contributed by atoms with E-state index in [1.807, 2.05) is 53.9 Å². The molecule has 3 aromatic rings. The third kappa shape index (κ3) is 2.73. The number of ether oxygens (including phenoxy) is 1. The lowest BCUT2D eigenvalue weighted by molar-refractivity contribution is 0.274. The van der Waals surface area contributed by atoms with Crippen LogP contribution < -0.4 is 4.74 Å². The number of fused-ring (bicyclic) bond motifs is 1. The molecule has 0 aliphatic carbocycles. The van der Waals surface area contributed by atoms with Crippen molar-refractivity contribution in [2.24, 2.45) is 0 Å². The predicted molar refractivity (Wildman–Crippen MR) is 81.6 cm³/mol. The number of aliphatic hydroxyl groups excluding tert-OH is 1. The maximum atomic E-state index is 9.42. The molecule has 0 saturated heterocycles. The molecule has 0 saturated carbocycles. The average Bonchev–Trinajstić information content (AvgIpc) is 2.82. The number of pyridine rings is 1. The summed E-state index contributed by atoms with van der Waals surface area (Å²) < 4.78 is 7.70. The zero-order valence-corrected chi connectivity index (χ0v) is 12.3. The number of benzene rings is 1. The number of halogens is 1. The normalized spacial score (nSPS) is 11.0. The van der Waals surface area contributed by atoms with Gasteiger partial charge in [0.2, 0.25) is 0 Å². The fraction of sp³-hybridized carbons (Fsp3) is 0.188. The van der Waals surface area contributed by atoms with Gasteiger partial charge in [-0.1, -0.05) is 23.7 Å². The first kappa shape index (κ1) is 13.9. The molecule has 0 aliphatic heterocycles. The maximum absolute atomic E-state index is 9.42. The minimum absolute atomic E-state index is 0.0480. The molecule has 0 unspecified atom stereocenters. The van der Waals surface area contributed by atoms with Gasteiger partial charge >= 0.3 is 0 Å². The first-order chi connectivity index (χ1) is 10.2. The monoisotopic (exact) mass is 302 g/mol. The summed E-state index contributed by atoms with van der Waals surface area (Å²) in [4.78, 5) is 4.47. The Balaban J connectivity index is 1.88. The predicted octanol–water partition coefficient (Wildman–Crippen LogP) is 3.37. The molecular weight excluding hydrogens is 288 g/mol. The molecule has 0 bridgehead atoms. The standard InChI is InChI=1S/C16H15ClN2O2/c1-11-14(9-20)19-8-2-3-15(16(19)18-11)21-10-12-4-6-13(17)7-5-12/h2-8,20H,9-10H2,1H3. The molecule has 0 amide bonds. The van der Waals surface area contributed by atoms with Gasteiger partial charge in [-0.3, -0.25) is 4.40 Å². The van der Waals surface area contributed by atoms with Crippen molar-refractivity contribution in [3.8, 4) is 5.75 Å². The number of hydrogen-bond donors (Lipinski definition) is 1. The minimum Gasteiger partial charge on any atom is -0.485 e. The highest BCUT2D eigenvalue weighted by molar-refractivity contribution is 6.30. The minimum atomic E-state index is -0.0480. The molecule has 21 heavy (non-hydrogen) atoms. The van der Waals surface area contributed by atoms with Crippen LogP contribution in [0.3, 0.4) is 0 Å². The second kappa shape index (κ2) is 5.76. The number of hydrogen-bond acceptors (Lipinski definition) is 3. The lowest BCUT2D eigenvalue weighted by atomic mass is 10.2. The van der Waals surface area contributed by atoms with E-state index in [2.05, 4.69) is 4.98 Å². The van der Waals surface area contributed by atoms with Gasteiger partial charge in [-0.15, -0.1) is 0 Å². The van der Waals surface area contributed by atoms with Crippen molar-refractivity contribution in [1.82, 2.24) is 9.38 Å². The van der Waals surface area contributed by atoms with E-state index in [1.54, 1.807) is 0 Å². The molecule has 0 atom stereocenters. The largest absolute Gasteiger partial charge is 0.485 e. The van der Waals surface area contributed by atoms with Crippen LogP contribution in [0.2, 0.25) is 5.02 Å².